The van der Waals surface area contributed by atoms with E-state index in [1.165, 1.54) is 0 Å². The van der Waals surface area contributed by atoms with Crippen molar-refractivity contribution >= 4 is 27.8 Å². The molecule has 3 aromatic rings. The largest absolute Gasteiger partial charge is 0.462 e. The average Bonchev–Trinajstić information content (AvgIpc) is 2.52. The van der Waals surface area contributed by atoms with E-state index in [0.717, 1.165) is 29.1 Å². The quantitative estimate of drug-likeness (QED) is 0.405. The summed E-state index contributed by atoms with van der Waals surface area (Å²) in [5.41, 5.74) is 2.13. The highest BCUT2D eigenvalue weighted by Gasteiger charge is 2.13. The maximum absolute atomic E-state index is 12.2. The molecule has 3 rings (SSSR count). The number of aromatic nitrogens is 1. The van der Waals surface area contributed by atoms with Crippen molar-refractivity contribution in [3.05, 3.63) is 54.1 Å². The van der Waals surface area contributed by atoms with Crippen LogP contribution in [0, 0.1) is 0 Å². The summed E-state index contributed by atoms with van der Waals surface area (Å²) in [5.74, 6) is -0.295. The molecular weight excluding hydrogens is 262 g/mol. The number of rotatable bonds is 4. The molecule has 21 heavy (non-hydrogen) atoms. The van der Waals surface area contributed by atoms with Crippen LogP contribution >= 0.6 is 0 Å². The van der Waals surface area contributed by atoms with Gasteiger partial charge in [-0.25, -0.2) is 9.78 Å². The summed E-state index contributed by atoms with van der Waals surface area (Å²) < 4.78 is 5.31. The van der Waals surface area contributed by atoms with Crippen molar-refractivity contribution in [2.45, 2.75) is 19.8 Å². The van der Waals surface area contributed by atoms with Gasteiger partial charge in [0.2, 0.25) is 0 Å². The van der Waals surface area contributed by atoms with Crippen LogP contribution in [0.2, 0.25) is 0 Å². The normalized spacial score (nSPS) is 10.9. The Balaban J connectivity index is 2.06. The maximum atomic E-state index is 12.2. The molecule has 1 heterocycles. The summed E-state index contributed by atoms with van der Waals surface area (Å²) in [6, 6.07) is 15.6. The van der Waals surface area contributed by atoms with Gasteiger partial charge in [0.05, 0.1) is 23.2 Å². The van der Waals surface area contributed by atoms with Gasteiger partial charge in [-0.2, -0.15) is 0 Å². The van der Waals surface area contributed by atoms with Crippen molar-refractivity contribution in [1.82, 2.24) is 4.98 Å². The molecule has 3 heteroatoms. The summed E-state index contributed by atoms with van der Waals surface area (Å²) in [7, 11) is 0. The number of fused-ring (bicyclic) bond motifs is 2. The van der Waals surface area contributed by atoms with Crippen molar-refractivity contribution in [2.24, 2.45) is 0 Å². The number of esters is 1. The molecule has 1 aromatic heterocycles. The Morgan fingerprint density at radius 3 is 2.76 bits per heavy atom. The lowest BCUT2D eigenvalue weighted by Crippen LogP contribution is -2.07. The Kier molecular flexibility index (Phi) is 3.82. The number of nitrogens with zero attached hydrogens (tertiary/aromatic N) is 1. The summed E-state index contributed by atoms with van der Waals surface area (Å²) in [5, 5.41) is 2.03. The number of unbranched alkanes of at least 4 members (excludes halogenated alkanes) is 1. The number of hydrogen-bond donors (Lipinski definition) is 0. The molecule has 0 bridgehead atoms. The number of para-hydroxylation sites is 2. The van der Waals surface area contributed by atoms with E-state index >= 15 is 0 Å². The zero-order valence-electron chi connectivity index (χ0n) is 12.0. The SMILES string of the molecule is CCCCOC(=O)c1cccc2cc3ccccc3nc12. The first-order valence-electron chi connectivity index (χ1n) is 7.25. The third-order valence-electron chi connectivity index (χ3n) is 3.50. The van der Waals surface area contributed by atoms with Gasteiger partial charge >= 0.3 is 5.97 Å². The van der Waals surface area contributed by atoms with E-state index in [9.17, 15) is 4.79 Å². The van der Waals surface area contributed by atoms with Crippen LogP contribution in [0.15, 0.2) is 48.5 Å². The highest BCUT2D eigenvalue weighted by atomic mass is 16.5. The standard InChI is InChI=1S/C18H17NO2/c1-2-3-11-21-18(20)15-9-6-8-14-12-13-7-4-5-10-16(13)19-17(14)15/h4-10,12H,2-3,11H2,1H3. The van der Waals surface area contributed by atoms with Crippen LogP contribution in [0.5, 0.6) is 0 Å². The number of carbonyl (C=O) groups is 1. The molecule has 0 aliphatic rings. The minimum Gasteiger partial charge on any atom is -0.462 e. The smallest absolute Gasteiger partial charge is 0.340 e. The molecule has 106 valence electrons. The van der Waals surface area contributed by atoms with Crippen molar-refractivity contribution in [3.8, 4) is 0 Å². The van der Waals surface area contributed by atoms with Crippen LogP contribution < -0.4 is 0 Å². The molecule has 0 atom stereocenters. The van der Waals surface area contributed by atoms with Gasteiger partial charge in [0, 0.05) is 10.8 Å². The first-order chi connectivity index (χ1) is 10.3. The predicted molar refractivity (Wildman–Crippen MR) is 84.4 cm³/mol. The van der Waals surface area contributed by atoms with Gasteiger partial charge in [-0.1, -0.05) is 43.7 Å². The van der Waals surface area contributed by atoms with Gasteiger partial charge in [0.25, 0.3) is 0 Å². The fourth-order valence-electron chi connectivity index (χ4n) is 2.35. The molecular formula is C18H17NO2. The van der Waals surface area contributed by atoms with E-state index in [0.29, 0.717) is 17.7 Å². The minimum absolute atomic E-state index is 0.295. The molecule has 0 fully saturated rings. The predicted octanol–water partition coefficient (Wildman–Crippen LogP) is 4.34. The molecule has 0 aliphatic carbocycles. The topological polar surface area (TPSA) is 39.2 Å². The van der Waals surface area contributed by atoms with E-state index in [1.54, 1.807) is 6.07 Å². The molecule has 0 unspecified atom stereocenters. The Bertz CT molecular complexity index is 795. The molecule has 0 amide bonds. The van der Waals surface area contributed by atoms with Crippen molar-refractivity contribution in [1.29, 1.82) is 0 Å². The van der Waals surface area contributed by atoms with E-state index in [1.807, 2.05) is 36.4 Å². The summed E-state index contributed by atoms with van der Waals surface area (Å²) in [6.07, 6.45) is 1.89. The molecule has 3 nitrogen and oxygen atoms in total. The highest BCUT2D eigenvalue weighted by molar-refractivity contribution is 6.05. The van der Waals surface area contributed by atoms with E-state index in [4.69, 9.17) is 4.74 Å². The van der Waals surface area contributed by atoms with Gasteiger partial charge < -0.3 is 4.74 Å². The van der Waals surface area contributed by atoms with E-state index in [-0.39, 0.29) is 5.97 Å². The lowest BCUT2D eigenvalue weighted by molar-refractivity contribution is 0.0502. The van der Waals surface area contributed by atoms with Gasteiger partial charge in [0.1, 0.15) is 0 Å². The number of pyridine rings is 1. The molecule has 0 radical (unpaired) electrons. The zero-order valence-corrected chi connectivity index (χ0v) is 12.0. The third-order valence-corrected chi connectivity index (χ3v) is 3.50. The third kappa shape index (κ3) is 2.72. The zero-order chi connectivity index (χ0) is 14.7. The first kappa shape index (κ1) is 13.6. The molecule has 0 spiro atoms. The fraction of sp³-hybridized carbons (Fsp3) is 0.222. The second-order valence-corrected chi connectivity index (χ2v) is 5.05. The van der Waals surface area contributed by atoms with Crippen LogP contribution in [-0.2, 0) is 4.74 Å². The Labute approximate surface area is 123 Å². The fourth-order valence-corrected chi connectivity index (χ4v) is 2.35. The average molecular weight is 279 g/mol. The van der Waals surface area contributed by atoms with Crippen LogP contribution in [0.25, 0.3) is 21.8 Å². The number of hydrogen-bond acceptors (Lipinski definition) is 3. The van der Waals surface area contributed by atoms with Crippen molar-refractivity contribution in [3.63, 3.8) is 0 Å². The highest BCUT2D eigenvalue weighted by Crippen LogP contribution is 2.22. The van der Waals surface area contributed by atoms with Gasteiger partial charge in [-0.15, -0.1) is 0 Å². The minimum atomic E-state index is -0.295. The van der Waals surface area contributed by atoms with E-state index in [2.05, 4.69) is 18.0 Å². The molecule has 0 N–H and O–H groups in total. The van der Waals surface area contributed by atoms with Crippen LogP contribution in [0.3, 0.4) is 0 Å². The Morgan fingerprint density at radius 2 is 1.90 bits per heavy atom. The molecule has 0 aliphatic heterocycles. The van der Waals surface area contributed by atoms with Crippen LogP contribution in [0.4, 0.5) is 0 Å². The van der Waals surface area contributed by atoms with Crippen molar-refractivity contribution in [2.75, 3.05) is 6.61 Å². The number of ether oxygens (including phenoxy) is 1. The summed E-state index contributed by atoms with van der Waals surface area (Å²) in [4.78, 5) is 16.8. The Morgan fingerprint density at radius 1 is 1.10 bits per heavy atom. The second-order valence-electron chi connectivity index (χ2n) is 5.05. The van der Waals surface area contributed by atoms with Crippen molar-refractivity contribution < 1.29 is 9.53 Å². The van der Waals surface area contributed by atoms with Crippen LogP contribution in [0.1, 0.15) is 30.1 Å². The lowest BCUT2D eigenvalue weighted by Gasteiger charge is -2.07. The molecule has 0 saturated heterocycles. The maximum Gasteiger partial charge on any atom is 0.340 e. The number of carbonyl (C=O) groups excluding carboxylic acids is 1. The van der Waals surface area contributed by atoms with Gasteiger partial charge in [-0.05, 0) is 24.6 Å². The summed E-state index contributed by atoms with van der Waals surface area (Å²) in [6.45, 7) is 2.53. The van der Waals surface area contributed by atoms with Gasteiger partial charge in [-0.3, -0.25) is 0 Å². The molecule has 0 saturated carbocycles. The second kappa shape index (κ2) is 5.92. The van der Waals surface area contributed by atoms with E-state index < -0.39 is 0 Å². The Hall–Kier alpha value is -2.42. The lowest BCUT2D eigenvalue weighted by atomic mass is 10.1. The van der Waals surface area contributed by atoms with Crippen LogP contribution in [-0.4, -0.2) is 17.6 Å². The number of benzene rings is 2. The van der Waals surface area contributed by atoms with Gasteiger partial charge in [0.15, 0.2) is 0 Å². The summed E-state index contributed by atoms with van der Waals surface area (Å²) >= 11 is 0. The molecule has 2 aromatic carbocycles. The first-order valence-corrected chi connectivity index (χ1v) is 7.25. The monoisotopic (exact) mass is 279 g/mol.